The molecule has 0 radical (unpaired) electrons. The van der Waals surface area contributed by atoms with E-state index in [4.69, 9.17) is 17.3 Å². The third-order valence-corrected chi connectivity index (χ3v) is 2.18. The van der Waals surface area contributed by atoms with Gasteiger partial charge in [0.25, 0.3) is 0 Å². The van der Waals surface area contributed by atoms with Crippen molar-refractivity contribution in [3.05, 3.63) is 11.3 Å². The molecule has 0 aliphatic rings. The molecule has 15 heavy (non-hydrogen) atoms. The third kappa shape index (κ3) is 2.69. The number of nitrogen functional groups attached to an aromatic ring is 1. The molecule has 82 valence electrons. The summed E-state index contributed by atoms with van der Waals surface area (Å²) < 4.78 is 0. The summed E-state index contributed by atoms with van der Waals surface area (Å²) in [4.78, 5) is 20.4. The summed E-state index contributed by atoms with van der Waals surface area (Å²) in [5.74, 6) is 0.504. The van der Waals surface area contributed by atoms with Crippen molar-refractivity contribution in [2.75, 3.05) is 31.3 Å². The number of likely N-dealkylation sites (N-methyl/N-ethyl adjacent to an activating group) is 2. The number of halogens is 1. The van der Waals surface area contributed by atoms with Crippen LogP contribution in [-0.4, -0.2) is 36.5 Å². The van der Waals surface area contributed by atoms with Gasteiger partial charge in [0.05, 0.1) is 6.54 Å². The molecule has 3 N–H and O–H groups in total. The van der Waals surface area contributed by atoms with Crippen LogP contribution in [0, 0.1) is 0 Å². The Balaban J connectivity index is 2.86. The van der Waals surface area contributed by atoms with E-state index in [-0.39, 0.29) is 23.3 Å². The molecule has 0 atom stereocenters. The van der Waals surface area contributed by atoms with Gasteiger partial charge in [-0.05, 0) is 0 Å². The van der Waals surface area contributed by atoms with Crippen LogP contribution >= 0.6 is 11.6 Å². The Bertz CT molecular complexity index is 370. The van der Waals surface area contributed by atoms with Crippen LogP contribution in [-0.2, 0) is 4.79 Å². The minimum absolute atomic E-state index is 0.134. The lowest BCUT2D eigenvalue weighted by molar-refractivity contribution is -0.119. The highest BCUT2D eigenvalue weighted by Gasteiger charge is 2.13. The molecule has 0 aliphatic carbocycles. The highest BCUT2D eigenvalue weighted by atomic mass is 35.5. The first-order valence-corrected chi connectivity index (χ1v) is 4.61. The molecule has 1 rings (SSSR count). The number of nitrogens with zero attached hydrogens (tertiary/aromatic N) is 3. The van der Waals surface area contributed by atoms with Gasteiger partial charge in [-0.1, -0.05) is 11.6 Å². The number of hydrogen-bond donors (Lipinski definition) is 2. The van der Waals surface area contributed by atoms with Gasteiger partial charge in [-0.3, -0.25) is 4.79 Å². The van der Waals surface area contributed by atoms with Gasteiger partial charge >= 0.3 is 0 Å². The second-order valence-electron chi connectivity index (χ2n) is 2.93. The van der Waals surface area contributed by atoms with Crippen LogP contribution in [0.2, 0.25) is 5.02 Å². The van der Waals surface area contributed by atoms with E-state index in [1.165, 1.54) is 6.33 Å². The lowest BCUT2D eigenvalue weighted by Crippen LogP contribution is -2.33. The van der Waals surface area contributed by atoms with Crippen molar-refractivity contribution < 1.29 is 4.79 Å². The van der Waals surface area contributed by atoms with E-state index in [1.807, 2.05) is 0 Å². The van der Waals surface area contributed by atoms with E-state index in [0.29, 0.717) is 5.82 Å². The molecule has 0 saturated carbocycles. The van der Waals surface area contributed by atoms with Gasteiger partial charge in [0.1, 0.15) is 17.2 Å². The molecule has 6 nitrogen and oxygen atoms in total. The molecule has 1 heterocycles. The molecule has 0 fully saturated rings. The first-order chi connectivity index (χ1) is 7.06. The second kappa shape index (κ2) is 4.79. The zero-order valence-corrected chi connectivity index (χ0v) is 9.25. The Hall–Kier alpha value is -1.56. The van der Waals surface area contributed by atoms with E-state index in [1.54, 1.807) is 19.0 Å². The highest BCUT2D eigenvalue weighted by Crippen LogP contribution is 2.25. The van der Waals surface area contributed by atoms with Crippen LogP contribution < -0.4 is 16.0 Å². The van der Waals surface area contributed by atoms with Gasteiger partial charge < -0.3 is 16.0 Å². The van der Waals surface area contributed by atoms with E-state index in [2.05, 4.69) is 15.3 Å². The fourth-order valence-corrected chi connectivity index (χ4v) is 1.25. The number of hydrogen-bond acceptors (Lipinski definition) is 5. The number of nitrogens with two attached hydrogens (primary N) is 1. The average Bonchev–Trinajstić information content (AvgIpc) is 2.21. The van der Waals surface area contributed by atoms with Crippen LogP contribution in [0.4, 0.5) is 11.6 Å². The molecule has 0 saturated heterocycles. The first-order valence-electron chi connectivity index (χ1n) is 4.24. The van der Waals surface area contributed by atoms with E-state index in [0.717, 1.165) is 0 Å². The molecular weight excluding hydrogens is 218 g/mol. The summed E-state index contributed by atoms with van der Waals surface area (Å²) in [5, 5.41) is 2.75. The normalized spacial score (nSPS) is 9.80. The quantitative estimate of drug-likeness (QED) is 0.756. The standard InChI is InChI=1S/C8H12ClN5O/c1-11-5(15)3-14(2)8-6(9)7(10)12-4-13-8/h4H,3H2,1-2H3,(H,11,15)(H2,10,12,13). The maximum atomic E-state index is 11.1. The Morgan fingerprint density at radius 2 is 2.33 bits per heavy atom. The van der Waals surface area contributed by atoms with Crippen molar-refractivity contribution in [1.82, 2.24) is 15.3 Å². The predicted molar refractivity (Wildman–Crippen MR) is 58.8 cm³/mol. The van der Waals surface area contributed by atoms with Crippen LogP contribution in [0.1, 0.15) is 0 Å². The molecule has 0 bridgehead atoms. The third-order valence-electron chi connectivity index (χ3n) is 1.82. The molecule has 7 heteroatoms. The van der Waals surface area contributed by atoms with E-state index < -0.39 is 0 Å². The summed E-state index contributed by atoms with van der Waals surface area (Å²) in [6, 6.07) is 0. The highest BCUT2D eigenvalue weighted by molar-refractivity contribution is 6.35. The fourth-order valence-electron chi connectivity index (χ4n) is 1.01. The molecule has 0 unspecified atom stereocenters. The van der Waals surface area contributed by atoms with Crippen molar-refractivity contribution in [1.29, 1.82) is 0 Å². The van der Waals surface area contributed by atoms with Gasteiger partial charge in [0.15, 0.2) is 5.82 Å². The number of rotatable bonds is 3. The number of amides is 1. The molecular formula is C8H12ClN5O. The summed E-state index contributed by atoms with van der Waals surface area (Å²) in [7, 11) is 3.26. The summed E-state index contributed by atoms with van der Waals surface area (Å²) in [6.07, 6.45) is 1.30. The number of nitrogens with one attached hydrogen (secondary N) is 1. The molecule has 0 aliphatic heterocycles. The Morgan fingerprint density at radius 1 is 1.67 bits per heavy atom. The number of aromatic nitrogens is 2. The zero-order valence-electron chi connectivity index (χ0n) is 8.49. The van der Waals surface area contributed by atoms with Crippen molar-refractivity contribution in [2.24, 2.45) is 0 Å². The van der Waals surface area contributed by atoms with Crippen molar-refractivity contribution >= 4 is 29.1 Å². The Labute approximate surface area is 92.4 Å². The monoisotopic (exact) mass is 229 g/mol. The smallest absolute Gasteiger partial charge is 0.239 e. The molecule has 0 spiro atoms. The molecule has 1 aromatic rings. The van der Waals surface area contributed by atoms with E-state index in [9.17, 15) is 4.79 Å². The van der Waals surface area contributed by atoms with Crippen LogP contribution in [0.15, 0.2) is 6.33 Å². The summed E-state index contributed by atoms with van der Waals surface area (Å²) in [5.41, 5.74) is 5.51. The Morgan fingerprint density at radius 3 is 2.93 bits per heavy atom. The minimum Gasteiger partial charge on any atom is -0.382 e. The summed E-state index contributed by atoms with van der Waals surface area (Å²) in [6.45, 7) is 0.159. The van der Waals surface area contributed by atoms with Crippen molar-refractivity contribution in [2.45, 2.75) is 0 Å². The SMILES string of the molecule is CNC(=O)CN(C)c1ncnc(N)c1Cl. The van der Waals surface area contributed by atoms with Gasteiger partial charge in [-0.15, -0.1) is 0 Å². The second-order valence-corrected chi connectivity index (χ2v) is 3.30. The Kier molecular flexibility index (Phi) is 3.68. The largest absolute Gasteiger partial charge is 0.382 e. The number of anilines is 2. The lowest BCUT2D eigenvalue weighted by Gasteiger charge is -2.18. The van der Waals surface area contributed by atoms with Gasteiger partial charge in [0, 0.05) is 14.1 Å². The van der Waals surface area contributed by atoms with E-state index >= 15 is 0 Å². The summed E-state index contributed by atoms with van der Waals surface area (Å²) >= 11 is 5.89. The molecule has 0 aromatic carbocycles. The maximum absolute atomic E-state index is 11.1. The molecule has 1 amide bonds. The van der Waals surface area contributed by atoms with Crippen LogP contribution in [0.5, 0.6) is 0 Å². The maximum Gasteiger partial charge on any atom is 0.239 e. The van der Waals surface area contributed by atoms with Gasteiger partial charge in [-0.25, -0.2) is 9.97 Å². The lowest BCUT2D eigenvalue weighted by atomic mass is 10.4. The number of carbonyl (C=O) groups is 1. The zero-order chi connectivity index (χ0) is 11.4. The van der Waals surface area contributed by atoms with Crippen molar-refractivity contribution in [3.8, 4) is 0 Å². The van der Waals surface area contributed by atoms with Crippen LogP contribution in [0.3, 0.4) is 0 Å². The molecule has 1 aromatic heterocycles. The van der Waals surface area contributed by atoms with Crippen molar-refractivity contribution in [3.63, 3.8) is 0 Å². The number of carbonyl (C=O) groups excluding carboxylic acids is 1. The first kappa shape index (κ1) is 11.5. The van der Waals surface area contributed by atoms with Gasteiger partial charge in [0.2, 0.25) is 5.91 Å². The van der Waals surface area contributed by atoms with Crippen LogP contribution in [0.25, 0.3) is 0 Å². The topological polar surface area (TPSA) is 84.1 Å². The fraction of sp³-hybridized carbons (Fsp3) is 0.375. The average molecular weight is 230 g/mol. The van der Waals surface area contributed by atoms with Gasteiger partial charge in [-0.2, -0.15) is 0 Å². The minimum atomic E-state index is -0.134. The predicted octanol–water partition coefficient (Wildman–Crippen LogP) is -0.106.